The Morgan fingerprint density at radius 2 is 1.85 bits per heavy atom. The van der Waals surface area contributed by atoms with E-state index in [1.807, 2.05) is 36.3 Å². The molecule has 4 heterocycles. The van der Waals surface area contributed by atoms with Crippen LogP contribution in [0, 0.1) is 5.41 Å². The van der Waals surface area contributed by atoms with Crippen molar-refractivity contribution in [1.82, 2.24) is 23.8 Å². The van der Waals surface area contributed by atoms with Crippen molar-refractivity contribution in [1.29, 1.82) is 0 Å². The molecule has 11 nitrogen and oxygen atoms in total. The molecule has 2 aliphatic carbocycles. The summed E-state index contributed by atoms with van der Waals surface area (Å²) >= 11 is 0. The lowest BCUT2D eigenvalue weighted by Crippen LogP contribution is -2.50. The highest BCUT2D eigenvalue weighted by molar-refractivity contribution is 7.87. The minimum absolute atomic E-state index is 0.00792. The first-order valence-corrected chi connectivity index (χ1v) is 18.6. The fourth-order valence-electron chi connectivity index (χ4n) is 8.59. The van der Waals surface area contributed by atoms with E-state index >= 15 is 0 Å². The van der Waals surface area contributed by atoms with Gasteiger partial charge in [-0.15, -0.1) is 0 Å². The highest BCUT2D eigenvalue weighted by Gasteiger charge is 2.64. The van der Waals surface area contributed by atoms with E-state index in [4.69, 9.17) is 9.47 Å². The van der Waals surface area contributed by atoms with Gasteiger partial charge in [0.05, 0.1) is 37.5 Å². The largest absolute Gasteiger partial charge is 0.497 e. The van der Waals surface area contributed by atoms with Gasteiger partial charge in [-0.1, -0.05) is 25.3 Å². The molecule has 12 heteroatoms. The minimum Gasteiger partial charge on any atom is -0.497 e. The van der Waals surface area contributed by atoms with E-state index in [0.29, 0.717) is 32.2 Å². The number of morpholine rings is 1. The van der Waals surface area contributed by atoms with Gasteiger partial charge < -0.3 is 24.3 Å². The molecule has 3 atom stereocenters. The van der Waals surface area contributed by atoms with Gasteiger partial charge in [-0.2, -0.15) is 12.7 Å². The number of fused-ring (bicyclic) bond motifs is 7. The van der Waals surface area contributed by atoms with Crippen LogP contribution in [-0.2, 0) is 26.3 Å². The Morgan fingerprint density at radius 1 is 1.06 bits per heavy atom. The van der Waals surface area contributed by atoms with Gasteiger partial charge in [-0.3, -0.25) is 9.59 Å². The molecule has 8 rings (SSSR count). The third-order valence-electron chi connectivity index (χ3n) is 11.2. The Hall–Kier alpha value is -3.71. The van der Waals surface area contributed by atoms with Gasteiger partial charge in [-0.05, 0) is 79.8 Å². The van der Waals surface area contributed by atoms with Gasteiger partial charge in [0.1, 0.15) is 5.75 Å². The zero-order chi connectivity index (χ0) is 33.2. The number of amides is 2. The second-order valence-corrected chi connectivity index (χ2v) is 15.6. The summed E-state index contributed by atoms with van der Waals surface area (Å²) in [7, 11) is -0.463. The van der Waals surface area contributed by atoms with Gasteiger partial charge in [0.15, 0.2) is 0 Å². The van der Waals surface area contributed by atoms with Gasteiger partial charge in [0, 0.05) is 60.3 Å². The maximum atomic E-state index is 14.5. The number of nitrogens with one attached hydrogen (secondary N) is 2. The van der Waals surface area contributed by atoms with Crippen LogP contribution in [0.2, 0.25) is 0 Å². The Balaban J connectivity index is 1.28. The fraction of sp³-hybridized carbons (Fsp3) is 0.500. The molecule has 2 amide bonds. The van der Waals surface area contributed by atoms with Crippen molar-refractivity contribution >= 4 is 32.9 Å². The summed E-state index contributed by atoms with van der Waals surface area (Å²) in [6.07, 6.45) is 10.4. The number of benzene rings is 2. The number of carbonyl (C=O) groups excluding carboxylic acids is 2. The van der Waals surface area contributed by atoms with Crippen molar-refractivity contribution in [2.24, 2.45) is 5.41 Å². The van der Waals surface area contributed by atoms with Gasteiger partial charge >= 0.3 is 10.2 Å². The van der Waals surface area contributed by atoms with E-state index in [2.05, 4.69) is 32.8 Å². The number of hydrogen-bond acceptors (Lipinski definition) is 7. The zero-order valence-corrected chi connectivity index (χ0v) is 28.4. The SMILES string of the molecule is CNCC1C=CN1C(=O)C12CC1c1cc(OC)ccc1-c1c(C3CCCCC3)c3ccc(C(=O)NS(=O)(=O)N4CCOCC4)cc3n1C2. The molecule has 2 aromatic carbocycles. The smallest absolute Gasteiger partial charge is 0.304 e. The number of aromatic nitrogens is 1. The molecule has 254 valence electrons. The van der Waals surface area contributed by atoms with Crippen LogP contribution >= 0.6 is 0 Å². The lowest BCUT2D eigenvalue weighted by atomic mass is 9.81. The number of methoxy groups -OCH3 is 1. The summed E-state index contributed by atoms with van der Waals surface area (Å²) < 4.78 is 43.1. The average molecular weight is 674 g/mol. The van der Waals surface area contributed by atoms with Crippen molar-refractivity contribution in [3.63, 3.8) is 0 Å². The lowest BCUT2D eigenvalue weighted by Gasteiger charge is -2.36. The Morgan fingerprint density at radius 3 is 2.56 bits per heavy atom. The molecule has 0 bridgehead atoms. The second kappa shape index (κ2) is 12.0. The number of likely N-dealkylation sites (N-methyl/N-ethyl adjacent to an activating group) is 1. The van der Waals surface area contributed by atoms with Crippen molar-refractivity contribution < 1.29 is 27.5 Å². The molecule has 3 aliphatic heterocycles. The number of carbonyl (C=O) groups is 2. The first kappa shape index (κ1) is 31.6. The molecule has 1 saturated heterocycles. The monoisotopic (exact) mass is 673 g/mol. The number of rotatable bonds is 8. The van der Waals surface area contributed by atoms with Crippen LogP contribution in [-0.4, -0.2) is 87.1 Å². The van der Waals surface area contributed by atoms with Gasteiger partial charge in [0.2, 0.25) is 5.91 Å². The third-order valence-corrected chi connectivity index (χ3v) is 12.7. The summed E-state index contributed by atoms with van der Waals surface area (Å²) in [6, 6.07) is 11.8. The van der Waals surface area contributed by atoms with Crippen molar-refractivity contribution in [3.05, 3.63) is 65.4 Å². The standard InChI is InChI=1S/C36H43N5O6S/c1-37-21-25-12-13-40(25)35(43)36-20-30(36)29-19-26(46-2)9-11-27(29)33-32(23-6-4-3-5-7-23)28-10-8-24(18-31(28)41(33)22-36)34(42)38-48(44,45)39-14-16-47-17-15-39/h8-13,18-19,23,25,30,37H,3-7,14-17,20-22H2,1-2H3,(H,38,42). The molecule has 3 unspecified atom stereocenters. The van der Waals surface area contributed by atoms with Crippen molar-refractivity contribution in [2.45, 2.75) is 62.9 Å². The Kier molecular flexibility index (Phi) is 7.89. The summed E-state index contributed by atoms with van der Waals surface area (Å²) in [6.45, 7) is 2.13. The molecule has 3 aromatic rings. The topological polar surface area (TPSA) is 122 Å². The molecule has 0 spiro atoms. The first-order valence-electron chi connectivity index (χ1n) is 17.2. The molecular formula is C36H43N5O6S. The normalized spacial score (nSPS) is 25.4. The summed E-state index contributed by atoms with van der Waals surface area (Å²) in [4.78, 5) is 30.0. The molecule has 2 N–H and O–H groups in total. The van der Waals surface area contributed by atoms with E-state index in [1.54, 1.807) is 13.2 Å². The fourth-order valence-corrected chi connectivity index (χ4v) is 9.71. The maximum absolute atomic E-state index is 14.5. The highest BCUT2D eigenvalue weighted by atomic mass is 32.2. The van der Waals surface area contributed by atoms with E-state index in [9.17, 15) is 18.0 Å². The maximum Gasteiger partial charge on any atom is 0.304 e. The molecule has 0 radical (unpaired) electrons. The molecule has 1 aromatic heterocycles. The Labute approximate surface area is 281 Å². The van der Waals surface area contributed by atoms with Crippen LogP contribution in [0.15, 0.2) is 48.7 Å². The lowest BCUT2D eigenvalue weighted by molar-refractivity contribution is -0.137. The van der Waals surface area contributed by atoms with Crippen molar-refractivity contribution in [2.75, 3.05) is 47.0 Å². The number of ether oxygens (including phenoxy) is 2. The molecule has 48 heavy (non-hydrogen) atoms. The van der Waals surface area contributed by atoms with Crippen LogP contribution in [0.5, 0.6) is 5.75 Å². The van der Waals surface area contributed by atoms with Gasteiger partial charge in [0.25, 0.3) is 5.91 Å². The average Bonchev–Trinajstić information content (AvgIpc) is 3.77. The molecular weight excluding hydrogens is 630 g/mol. The van der Waals surface area contributed by atoms with E-state index < -0.39 is 21.5 Å². The van der Waals surface area contributed by atoms with Crippen molar-refractivity contribution in [3.8, 4) is 17.0 Å². The van der Waals surface area contributed by atoms with E-state index in [-0.39, 0.29) is 36.5 Å². The predicted molar refractivity (Wildman–Crippen MR) is 182 cm³/mol. The summed E-state index contributed by atoms with van der Waals surface area (Å²) in [5, 5.41) is 4.26. The predicted octanol–water partition coefficient (Wildman–Crippen LogP) is 4.10. The van der Waals surface area contributed by atoms with E-state index in [1.165, 1.54) is 16.3 Å². The second-order valence-electron chi connectivity index (χ2n) is 13.9. The van der Waals surface area contributed by atoms with Crippen LogP contribution in [0.25, 0.3) is 22.2 Å². The van der Waals surface area contributed by atoms with Crippen LogP contribution < -0.4 is 14.8 Å². The number of hydrogen-bond donors (Lipinski definition) is 2. The molecule has 3 fully saturated rings. The zero-order valence-electron chi connectivity index (χ0n) is 27.5. The van der Waals surface area contributed by atoms with Crippen LogP contribution in [0.4, 0.5) is 0 Å². The number of nitrogens with zero attached hydrogens (tertiary/aromatic N) is 3. The van der Waals surface area contributed by atoms with Crippen LogP contribution in [0.3, 0.4) is 0 Å². The highest BCUT2D eigenvalue weighted by Crippen LogP contribution is 2.66. The van der Waals surface area contributed by atoms with Crippen LogP contribution in [0.1, 0.15) is 71.8 Å². The summed E-state index contributed by atoms with van der Waals surface area (Å²) in [5.74, 6) is 0.575. The third kappa shape index (κ3) is 5.07. The Bertz CT molecular complexity index is 1930. The summed E-state index contributed by atoms with van der Waals surface area (Å²) in [5.41, 5.74) is 5.08. The van der Waals surface area contributed by atoms with Gasteiger partial charge in [-0.25, -0.2) is 4.72 Å². The quantitative estimate of drug-likeness (QED) is 0.369. The molecule has 2 saturated carbocycles. The molecule has 5 aliphatic rings. The minimum atomic E-state index is -4.03. The first-order chi connectivity index (χ1) is 23.3. The van der Waals surface area contributed by atoms with E-state index in [0.717, 1.165) is 65.6 Å².